The van der Waals surface area contributed by atoms with Crippen LogP contribution in [0.15, 0.2) is 24.3 Å². The molecule has 0 saturated carbocycles. The van der Waals surface area contributed by atoms with Gasteiger partial charge in [-0.2, -0.15) is 0 Å². The largest absolute Gasteiger partial charge is 0.394 e. The SMILES string of the molecule is CN(C)c1ccc(N2CCC(NC(=O)N3CCC[C@H]3CO)CC2)cc1. The van der Waals surface area contributed by atoms with Crippen molar-refractivity contribution in [3.05, 3.63) is 24.3 Å². The van der Waals surface area contributed by atoms with Gasteiger partial charge in [0.2, 0.25) is 0 Å². The lowest BCUT2D eigenvalue weighted by atomic mass is 10.0. The number of aliphatic hydroxyl groups excluding tert-OH is 1. The predicted molar refractivity (Wildman–Crippen MR) is 101 cm³/mol. The molecule has 2 aliphatic heterocycles. The van der Waals surface area contributed by atoms with Gasteiger partial charge >= 0.3 is 6.03 Å². The number of anilines is 2. The molecule has 3 rings (SSSR count). The summed E-state index contributed by atoms with van der Waals surface area (Å²) in [7, 11) is 4.09. The molecule has 2 amide bonds. The van der Waals surface area contributed by atoms with E-state index in [2.05, 4.69) is 39.4 Å². The fourth-order valence-corrected chi connectivity index (χ4v) is 3.79. The summed E-state index contributed by atoms with van der Waals surface area (Å²) < 4.78 is 0. The number of carbonyl (C=O) groups excluding carboxylic acids is 1. The van der Waals surface area contributed by atoms with Crippen LogP contribution in [0.2, 0.25) is 0 Å². The minimum absolute atomic E-state index is 0.00435. The first kappa shape index (κ1) is 17.9. The first-order valence-corrected chi connectivity index (χ1v) is 9.29. The van der Waals surface area contributed by atoms with Gasteiger partial charge in [-0.3, -0.25) is 0 Å². The van der Waals surface area contributed by atoms with Gasteiger partial charge in [-0.25, -0.2) is 4.79 Å². The highest BCUT2D eigenvalue weighted by molar-refractivity contribution is 5.75. The average molecular weight is 346 g/mol. The lowest BCUT2D eigenvalue weighted by Crippen LogP contribution is -2.51. The number of hydrogen-bond acceptors (Lipinski definition) is 4. The number of amides is 2. The fraction of sp³-hybridized carbons (Fsp3) is 0.632. The first-order chi connectivity index (χ1) is 12.1. The third-order valence-electron chi connectivity index (χ3n) is 5.40. The highest BCUT2D eigenvalue weighted by Gasteiger charge is 2.30. The average Bonchev–Trinajstić information content (AvgIpc) is 3.11. The maximum atomic E-state index is 12.4. The van der Waals surface area contributed by atoms with Crippen molar-refractivity contribution in [1.29, 1.82) is 0 Å². The Labute approximate surface area is 150 Å². The summed E-state index contributed by atoms with van der Waals surface area (Å²) in [5.74, 6) is 0. The van der Waals surface area contributed by atoms with Crippen molar-refractivity contribution in [3.63, 3.8) is 0 Å². The molecule has 0 aliphatic carbocycles. The minimum atomic E-state index is -0.00895. The van der Waals surface area contributed by atoms with Crippen molar-refractivity contribution in [2.45, 2.75) is 37.8 Å². The summed E-state index contributed by atoms with van der Waals surface area (Å²) in [6, 6.07) is 8.84. The molecule has 2 heterocycles. The number of urea groups is 1. The zero-order chi connectivity index (χ0) is 17.8. The smallest absolute Gasteiger partial charge is 0.317 e. The molecule has 2 N–H and O–H groups in total. The van der Waals surface area contributed by atoms with Gasteiger partial charge in [0.1, 0.15) is 0 Å². The zero-order valence-corrected chi connectivity index (χ0v) is 15.3. The second-order valence-corrected chi connectivity index (χ2v) is 7.29. The molecule has 2 fully saturated rings. The molecule has 0 spiro atoms. The molecule has 2 aliphatic rings. The summed E-state index contributed by atoms with van der Waals surface area (Å²) in [4.78, 5) is 18.7. The maximum absolute atomic E-state index is 12.4. The zero-order valence-electron chi connectivity index (χ0n) is 15.3. The Morgan fingerprint density at radius 2 is 1.84 bits per heavy atom. The van der Waals surface area contributed by atoms with Gasteiger partial charge in [0.25, 0.3) is 0 Å². The van der Waals surface area contributed by atoms with Crippen LogP contribution in [0, 0.1) is 0 Å². The Hall–Kier alpha value is -1.95. The van der Waals surface area contributed by atoms with Gasteiger partial charge < -0.3 is 25.1 Å². The van der Waals surface area contributed by atoms with Gasteiger partial charge in [0.15, 0.2) is 0 Å². The second-order valence-electron chi connectivity index (χ2n) is 7.29. The van der Waals surface area contributed by atoms with Crippen LogP contribution in [-0.4, -0.2) is 68.5 Å². The normalized spacial score (nSPS) is 21.5. The summed E-state index contributed by atoms with van der Waals surface area (Å²) in [6.45, 7) is 2.73. The van der Waals surface area contributed by atoms with Crippen LogP contribution < -0.4 is 15.1 Å². The standard InChI is InChI=1S/C19H30N4O2/c1-21(2)16-5-7-17(8-6-16)22-12-9-15(10-13-22)20-19(25)23-11-3-4-18(23)14-24/h5-8,15,18,24H,3-4,9-14H2,1-2H3,(H,20,25)/t18-/m0/s1. The van der Waals surface area contributed by atoms with E-state index in [0.717, 1.165) is 45.3 Å². The number of aliphatic hydroxyl groups is 1. The van der Waals surface area contributed by atoms with Crippen LogP contribution in [0.3, 0.4) is 0 Å². The Morgan fingerprint density at radius 3 is 2.44 bits per heavy atom. The minimum Gasteiger partial charge on any atom is -0.394 e. The van der Waals surface area contributed by atoms with Gasteiger partial charge in [0, 0.05) is 51.1 Å². The lowest BCUT2D eigenvalue weighted by Gasteiger charge is -2.35. The van der Waals surface area contributed by atoms with Crippen LogP contribution in [-0.2, 0) is 0 Å². The number of nitrogens with zero attached hydrogens (tertiary/aromatic N) is 3. The number of carbonyl (C=O) groups is 1. The number of nitrogens with one attached hydrogen (secondary N) is 1. The Balaban J connectivity index is 1.49. The van der Waals surface area contributed by atoms with E-state index in [9.17, 15) is 9.90 Å². The molecule has 25 heavy (non-hydrogen) atoms. The Kier molecular flexibility index (Phi) is 5.68. The lowest BCUT2D eigenvalue weighted by molar-refractivity contribution is 0.153. The van der Waals surface area contributed by atoms with Crippen molar-refractivity contribution in [1.82, 2.24) is 10.2 Å². The third-order valence-corrected chi connectivity index (χ3v) is 5.40. The van der Waals surface area contributed by atoms with E-state index in [0.29, 0.717) is 0 Å². The van der Waals surface area contributed by atoms with Crippen LogP contribution in [0.25, 0.3) is 0 Å². The molecule has 6 nitrogen and oxygen atoms in total. The Morgan fingerprint density at radius 1 is 1.16 bits per heavy atom. The van der Waals surface area contributed by atoms with E-state index in [1.165, 1.54) is 11.4 Å². The monoisotopic (exact) mass is 346 g/mol. The number of hydrogen-bond donors (Lipinski definition) is 2. The molecular formula is C19H30N4O2. The number of likely N-dealkylation sites (tertiary alicyclic amines) is 1. The van der Waals surface area contributed by atoms with E-state index < -0.39 is 0 Å². The Bertz CT molecular complexity index is 567. The van der Waals surface area contributed by atoms with Crippen LogP contribution in [0.1, 0.15) is 25.7 Å². The first-order valence-electron chi connectivity index (χ1n) is 9.29. The van der Waals surface area contributed by atoms with Crippen LogP contribution >= 0.6 is 0 Å². The molecular weight excluding hydrogens is 316 g/mol. The number of benzene rings is 1. The summed E-state index contributed by atoms with van der Waals surface area (Å²) in [6.07, 6.45) is 3.81. The molecule has 1 aromatic rings. The molecule has 2 saturated heterocycles. The molecule has 0 aromatic heterocycles. The van der Waals surface area contributed by atoms with E-state index in [4.69, 9.17) is 0 Å². The molecule has 1 aromatic carbocycles. The summed E-state index contributed by atoms with van der Waals surface area (Å²) in [5, 5.41) is 12.5. The predicted octanol–water partition coefficient (Wildman–Crippen LogP) is 1.89. The molecule has 0 bridgehead atoms. The van der Waals surface area contributed by atoms with Gasteiger partial charge in [-0.15, -0.1) is 0 Å². The summed E-state index contributed by atoms with van der Waals surface area (Å²) >= 11 is 0. The van der Waals surface area contributed by atoms with Crippen LogP contribution in [0.4, 0.5) is 16.2 Å². The topological polar surface area (TPSA) is 59.0 Å². The number of piperidine rings is 1. The van der Waals surface area contributed by atoms with Crippen molar-refractivity contribution >= 4 is 17.4 Å². The molecule has 0 radical (unpaired) electrons. The van der Waals surface area contributed by atoms with E-state index in [1.54, 1.807) is 4.90 Å². The van der Waals surface area contributed by atoms with Gasteiger partial charge in [-0.1, -0.05) is 0 Å². The van der Waals surface area contributed by atoms with E-state index in [1.807, 2.05) is 14.1 Å². The van der Waals surface area contributed by atoms with Crippen molar-refractivity contribution in [3.8, 4) is 0 Å². The molecule has 1 atom stereocenters. The van der Waals surface area contributed by atoms with E-state index in [-0.39, 0.29) is 24.7 Å². The summed E-state index contributed by atoms with van der Waals surface area (Å²) in [5.41, 5.74) is 2.45. The van der Waals surface area contributed by atoms with Crippen LogP contribution in [0.5, 0.6) is 0 Å². The van der Waals surface area contributed by atoms with Crippen molar-refractivity contribution in [2.24, 2.45) is 0 Å². The van der Waals surface area contributed by atoms with Gasteiger partial charge in [0.05, 0.1) is 12.6 Å². The van der Waals surface area contributed by atoms with Crippen molar-refractivity contribution in [2.75, 3.05) is 50.1 Å². The van der Waals surface area contributed by atoms with Crippen molar-refractivity contribution < 1.29 is 9.90 Å². The molecule has 0 unspecified atom stereocenters. The van der Waals surface area contributed by atoms with E-state index >= 15 is 0 Å². The maximum Gasteiger partial charge on any atom is 0.317 e. The highest BCUT2D eigenvalue weighted by atomic mass is 16.3. The highest BCUT2D eigenvalue weighted by Crippen LogP contribution is 2.23. The molecule has 138 valence electrons. The third kappa shape index (κ3) is 4.18. The molecule has 6 heteroatoms. The fourth-order valence-electron chi connectivity index (χ4n) is 3.79. The quantitative estimate of drug-likeness (QED) is 0.874. The van der Waals surface area contributed by atoms with Gasteiger partial charge in [-0.05, 0) is 49.9 Å². The number of rotatable bonds is 4. The second kappa shape index (κ2) is 7.95.